The van der Waals surface area contributed by atoms with Gasteiger partial charge in [0.2, 0.25) is 5.91 Å². The highest BCUT2D eigenvalue weighted by Crippen LogP contribution is 2.36. The van der Waals surface area contributed by atoms with Crippen LogP contribution < -0.4 is 15.2 Å². The summed E-state index contributed by atoms with van der Waals surface area (Å²) >= 11 is 0. The smallest absolute Gasteiger partial charge is 0.224 e. The Hall–Kier alpha value is -1.79. The lowest BCUT2D eigenvalue weighted by molar-refractivity contribution is -0.129. The van der Waals surface area contributed by atoms with Crippen molar-refractivity contribution in [3.63, 3.8) is 0 Å². The van der Waals surface area contributed by atoms with Gasteiger partial charge in [-0.15, -0.1) is 0 Å². The number of carbonyl (C=O) groups excluding carboxylic acids is 1. The van der Waals surface area contributed by atoms with Crippen LogP contribution in [0.3, 0.4) is 0 Å². The van der Waals surface area contributed by atoms with Gasteiger partial charge in [0, 0.05) is 26.1 Å². The molecule has 1 aromatic rings. The zero-order chi connectivity index (χ0) is 16.1. The fraction of sp³-hybridized carbons (Fsp3) is 0.562. The number of hydrogen-bond acceptors (Lipinski definition) is 5. The molecule has 0 saturated carbocycles. The molecular formula is C16H24N2O4. The monoisotopic (exact) mass is 308 g/mol. The number of hydrogen-bond donors (Lipinski definition) is 1. The number of carbonyl (C=O) groups is 1. The second-order valence-corrected chi connectivity index (χ2v) is 5.24. The summed E-state index contributed by atoms with van der Waals surface area (Å²) in [6.45, 7) is 3.48. The van der Waals surface area contributed by atoms with E-state index in [9.17, 15) is 4.79 Å². The lowest BCUT2D eigenvalue weighted by Crippen LogP contribution is -2.35. The van der Waals surface area contributed by atoms with Crippen LogP contribution >= 0.6 is 0 Å². The molecule has 1 fully saturated rings. The van der Waals surface area contributed by atoms with Gasteiger partial charge in [-0.05, 0) is 24.6 Å². The van der Waals surface area contributed by atoms with E-state index >= 15 is 0 Å². The summed E-state index contributed by atoms with van der Waals surface area (Å²) in [7, 11) is 3.23. The van der Waals surface area contributed by atoms with Gasteiger partial charge in [-0.2, -0.15) is 0 Å². The first-order valence-corrected chi connectivity index (χ1v) is 7.47. The van der Waals surface area contributed by atoms with Gasteiger partial charge in [0.15, 0.2) is 11.5 Å². The number of benzene rings is 1. The third-order valence-corrected chi connectivity index (χ3v) is 3.84. The highest BCUT2D eigenvalue weighted by molar-refractivity contribution is 5.80. The summed E-state index contributed by atoms with van der Waals surface area (Å²) in [5.74, 6) is 1.40. The number of nitrogens with two attached hydrogens (primary N) is 1. The van der Waals surface area contributed by atoms with Crippen LogP contribution in [0, 0.1) is 0 Å². The van der Waals surface area contributed by atoms with Crippen LogP contribution in [0.25, 0.3) is 0 Å². The van der Waals surface area contributed by atoms with E-state index in [-0.39, 0.29) is 18.0 Å². The highest BCUT2D eigenvalue weighted by atomic mass is 16.5. The first-order valence-electron chi connectivity index (χ1n) is 7.47. The number of likely N-dealkylation sites (tertiary alicyclic amines) is 1. The zero-order valence-corrected chi connectivity index (χ0v) is 13.4. The largest absolute Gasteiger partial charge is 0.493 e. The number of rotatable bonds is 7. The van der Waals surface area contributed by atoms with Crippen LogP contribution in [-0.2, 0) is 9.53 Å². The molecule has 2 N–H and O–H groups in total. The van der Waals surface area contributed by atoms with Crippen molar-refractivity contribution in [3.8, 4) is 11.5 Å². The molecule has 1 aromatic carbocycles. The van der Waals surface area contributed by atoms with Gasteiger partial charge < -0.3 is 24.8 Å². The fourth-order valence-corrected chi connectivity index (χ4v) is 2.84. The molecule has 1 heterocycles. The van der Waals surface area contributed by atoms with Crippen LogP contribution in [0.2, 0.25) is 0 Å². The minimum Gasteiger partial charge on any atom is -0.493 e. The van der Waals surface area contributed by atoms with E-state index in [1.54, 1.807) is 19.1 Å². The Balaban J connectivity index is 2.31. The van der Waals surface area contributed by atoms with Crippen LogP contribution in [-0.4, -0.2) is 50.8 Å². The van der Waals surface area contributed by atoms with Crippen molar-refractivity contribution in [2.75, 3.05) is 34.0 Å². The summed E-state index contributed by atoms with van der Waals surface area (Å²) in [5.41, 5.74) is 7.14. The topological polar surface area (TPSA) is 74.0 Å². The third kappa shape index (κ3) is 3.34. The summed E-state index contributed by atoms with van der Waals surface area (Å²) in [4.78, 5) is 13.9. The molecule has 6 nitrogen and oxygen atoms in total. The molecule has 2 rings (SSSR count). The van der Waals surface area contributed by atoms with Crippen molar-refractivity contribution in [1.29, 1.82) is 0 Å². The van der Waals surface area contributed by atoms with E-state index in [1.165, 1.54) is 0 Å². The minimum absolute atomic E-state index is 0.0586. The molecule has 1 aliphatic rings. The van der Waals surface area contributed by atoms with E-state index in [1.807, 2.05) is 25.1 Å². The molecule has 0 radical (unpaired) electrons. The van der Waals surface area contributed by atoms with Gasteiger partial charge in [0.25, 0.3) is 0 Å². The number of nitrogens with zero attached hydrogens (tertiary/aromatic N) is 1. The molecule has 1 amide bonds. The standard InChI is InChI=1S/C16H24N2O4/c1-4-22-14-9-11(5-6-13(14)21-3)16-12(17)10-15(19)18(16)7-8-20-2/h5-6,9,12,16H,4,7-8,10,17H2,1-3H3. The van der Waals surface area contributed by atoms with Gasteiger partial charge in [-0.3, -0.25) is 4.79 Å². The molecule has 0 spiro atoms. The van der Waals surface area contributed by atoms with E-state index in [0.717, 1.165) is 5.56 Å². The summed E-state index contributed by atoms with van der Waals surface area (Å²) in [5, 5.41) is 0. The second-order valence-electron chi connectivity index (χ2n) is 5.24. The van der Waals surface area contributed by atoms with Crippen LogP contribution in [0.5, 0.6) is 11.5 Å². The molecule has 2 atom stereocenters. The van der Waals surface area contributed by atoms with Crippen molar-refractivity contribution >= 4 is 5.91 Å². The van der Waals surface area contributed by atoms with Crippen LogP contribution in [0.15, 0.2) is 18.2 Å². The number of amides is 1. The predicted octanol–water partition coefficient (Wildman–Crippen LogP) is 1.34. The Morgan fingerprint density at radius 3 is 2.73 bits per heavy atom. The number of ether oxygens (including phenoxy) is 3. The zero-order valence-electron chi connectivity index (χ0n) is 13.4. The molecule has 0 aliphatic carbocycles. The van der Waals surface area contributed by atoms with Crippen molar-refractivity contribution in [3.05, 3.63) is 23.8 Å². The van der Waals surface area contributed by atoms with E-state index in [0.29, 0.717) is 37.7 Å². The van der Waals surface area contributed by atoms with Gasteiger partial charge in [-0.25, -0.2) is 0 Å². The molecule has 1 aliphatic heterocycles. The molecule has 22 heavy (non-hydrogen) atoms. The van der Waals surface area contributed by atoms with Crippen molar-refractivity contribution in [2.45, 2.75) is 25.4 Å². The Morgan fingerprint density at radius 1 is 1.32 bits per heavy atom. The molecule has 0 aromatic heterocycles. The van der Waals surface area contributed by atoms with Gasteiger partial charge >= 0.3 is 0 Å². The second kappa shape index (κ2) is 7.47. The SMILES string of the molecule is CCOc1cc(C2C(N)CC(=O)N2CCOC)ccc1OC. The Kier molecular flexibility index (Phi) is 5.63. The van der Waals surface area contributed by atoms with Gasteiger partial charge in [0.05, 0.1) is 26.4 Å². The summed E-state index contributed by atoms with van der Waals surface area (Å²) in [6.07, 6.45) is 0.352. The molecule has 122 valence electrons. The maximum absolute atomic E-state index is 12.1. The molecular weight excluding hydrogens is 284 g/mol. The van der Waals surface area contributed by atoms with Crippen molar-refractivity contribution in [2.24, 2.45) is 5.73 Å². The average Bonchev–Trinajstić information content (AvgIpc) is 2.79. The summed E-state index contributed by atoms with van der Waals surface area (Å²) in [6, 6.07) is 5.31. The molecule has 0 bridgehead atoms. The van der Waals surface area contributed by atoms with Gasteiger partial charge in [0.1, 0.15) is 0 Å². The lowest BCUT2D eigenvalue weighted by atomic mass is 10.00. The first-order chi connectivity index (χ1) is 10.6. The van der Waals surface area contributed by atoms with Crippen molar-refractivity contribution in [1.82, 2.24) is 4.90 Å². The molecule has 2 unspecified atom stereocenters. The Bertz CT molecular complexity index is 521. The highest BCUT2D eigenvalue weighted by Gasteiger charge is 2.38. The minimum atomic E-state index is -0.229. The quantitative estimate of drug-likeness (QED) is 0.823. The van der Waals surface area contributed by atoms with Crippen LogP contribution in [0.4, 0.5) is 0 Å². The predicted molar refractivity (Wildman–Crippen MR) is 83.1 cm³/mol. The summed E-state index contributed by atoms with van der Waals surface area (Å²) < 4.78 is 16.0. The van der Waals surface area contributed by atoms with Crippen LogP contribution in [0.1, 0.15) is 24.9 Å². The number of methoxy groups -OCH3 is 2. The van der Waals surface area contributed by atoms with E-state index in [4.69, 9.17) is 19.9 Å². The Labute approximate surface area is 131 Å². The molecule has 6 heteroatoms. The normalized spacial score (nSPS) is 21.3. The maximum atomic E-state index is 12.1. The Morgan fingerprint density at radius 2 is 2.09 bits per heavy atom. The van der Waals surface area contributed by atoms with E-state index in [2.05, 4.69) is 0 Å². The van der Waals surface area contributed by atoms with E-state index < -0.39 is 0 Å². The maximum Gasteiger partial charge on any atom is 0.224 e. The van der Waals surface area contributed by atoms with Crippen molar-refractivity contribution < 1.29 is 19.0 Å². The first kappa shape index (κ1) is 16.6. The third-order valence-electron chi connectivity index (χ3n) is 3.84. The van der Waals surface area contributed by atoms with Gasteiger partial charge in [-0.1, -0.05) is 6.07 Å². The molecule has 1 saturated heterocycles. The lowest BCUT2D eigenvalue weighted by Gasteiger charge is -2.27. The fourth-order valence-electron chi connectivity index (χ4n) is 2.84. The average molecular weight is 308 g/mol.